The average Bonchev–Trinajstić information content (AvgIpc) is 3.17. The zero-order chi connectivity index (χ0) is 31.9. The van der Waals surface area contributed by atoms with Crippen LogP contribution in [0.25, 0.3) is 88.0 Å². The van der Waals surface area contributed by atoms with Crippen LogP contribution in [-0.4, -0.2) is 0 Å². The first-order chi connectivity index (χ1) is 23.8. The fraction of sp³-hybridized carbons (Fsp3) is 0. The highest BCUT2D eigenvalue weighted by Crippen LogP contribution is 2.44. The highest BCUT2D eigenvalue weighted by Gasteiger charge is 2.17. The predicted octanol–water partition coefficient (Wildman–Crippen LogP) is 13.5. The Labute approximate surface area is 281 Å². The molecule has 0 saturated heterocycles. The summed E-state index contributed by atoms with van der Waals surface area (Å²) < 4.78 is 0. The van der Waals surface area contributed by atoms with Crippen molar-refractivity contribution in [3.05, 3.63) is 194 Å². The second-order valence-corrected chi connectivity index (χ2v) is 12.5. The molecule has 0 aromatic heterocycles. The van der Waals surface area contributed by atoms with Crippen LogP contribution in [0.1, 0.15) is 0 Å². The summed E-state index contributed by atoms with van der Waals surface area (Å²) in [6, 6.07) is 70.7. The van der Waals surface area contributed by atoms with Gasteiger partial charge in [-0.1, -0.05) is 182 Å². The van der Waals surface area contributed by atoms with Gasteiger partial charge in [-0.3, -0.25) is 0 Å². The topological polar surface area (TPSA) is 0 Å². The molecule has 0 aliphatic carbocycles. The molecule has 224 valence electrons. The van der Waals surface area contributed by atoms with Crippen molar-refractivity contribution in [2.24, 2.45) is 0 Å². The van der Waals surface area contributed by atoms with Gasteiger partial charge in [0.05, 0.1) is 0 Å². The number of rotatable bonds is 5. The number of hydrogen-bond acceptors (Lipinski definition) is 0. The third-order valence-corrected chi connectivity index (χ3v) is 9.66. The van der Waals surface area contributed by atoms with E-state index in [-0.39, 0.29) is 0 Å². The third-order valence-electron chi connectivity index (χ3n) is 9.66. The third kappa shape index (κ3) is 4.87. The van der Waals surface area contributed by atoms with Gasteiger partial charge in [0.25, 0.3) is 0 Å². The van der Waals surface area contributed by atoms with E-state index in [1.165, 1.54) is 88.0 Å². The molecule has 0 spiro atoms. The zero-order valence-electron chi connectivity index (χ0n) is 26.5. The van der Waals surface area contributed by atoms with Gasteiger partial charge >= 0.3 is 0 Å². The standard InChI is InChI=1S/C48H32/c1-3-13-33(14-4-1)34-25-27-35(28-26-34)38-18-11-19-39(31-38)41-24-12-17-36-29-30-40(32-46(36)41)48-44-22-9-7-20-42(44)47(37-15-5-2-6-16-37)43-21-8-10-23-45(43)48/h1-32H. The van der Waals surface area contributed by atoms with Crippen LogP contribution in [0, 0.1) is 0 Å². The molecule has 0 aliphatic rings. The van der Waals surface area contributed by atoms with Gasteiger partial charge in [-0.2, -0.15) is 0 Å². The molecule has 0 heterocycles. The zero-order valence-corrected chi connectivity index (χ0v) is 26.5. The highest BCUT2D eigenvalue weighted by atomic mass is 14.2. The van der Waals surface area contributed by atoms with Crippen molar-refractivity contribution >= 4 is 32.3 Å². The molecule has 48 heavy (non-hydrogen) atoms. The second-order valence-electron chi connectivity index (χ2n) is 12.5. The van der Waals surface area contributed by atoms with Crippen molar-refractivity contribution in [1.29, 1.82) is 0 Å². The van der Waals surface area contributed by atoms with Gasteiger partial charge < -0.3 is 0 Å². The summed E-state index contributed by atoms with van der Waals surface area (Å²) in [7, 11) is 0. The van der Waals surface area contributed by atoms with E-state index in [2.05, 4.69) is 194 Å². The molecule has 0 saturated carbocycles. The smallest absolute Gasteiger partial charge is 0.00261 e. The molecule has 9 aromatic carbocycles. The predicted molar refractivity (Wildman–Crippen MR) is 206 cm³/mol. The monoisotopic (exact) mass is 608 g/mol. The molecule has 0 amide bonds. The second kappa shape index (κ2) is 11.8. The van der Waals surface area contributed by atoms with Gasteiger partial charge in [0.1, 0.15) is 0 Å². The van der Waals surface area contributed by atoms with Crippen molar-refractivity contribution < 1.29 is 0 Å². The Bertz CT molecular complexity index is 2520. The molecule has 0 radical (unpaired) electrons. The normalized spacial score (nSPS) is 11.3. The summed E-state index contributed by atoms with van der Waals surface area (Å²) >= 11 is 0. The van der Waals surface area contributed by atoms with E-state index in [9.17, 15) is 0 Å². The molecular formula is C48H32. The molecule has 9 rings (SSSR count). The lowest BCUT2D eigenvalue weighted by atomic mass is 9.85. The van der Waals surface area contributed by atoms with Crippen LogP contribution in [0.2, 0.25) is 0 Å². The fourth-order valence-electron chi connectivity index (χ4n) is 7.39. The molecule has 0 bridgehead atoms. The van der Waals surface area contributed by atoms with Crippen molar-refractivity contribution in [1.82, 2.24) is 0 Å². The van der Waals surface area contributed by atoms with Crippen molar-refractivity contribution in [3.8, 4) is 55.6 Å². The lowest BCUT2D eigenvalue weighted by Gasteiger charge is -2.18. The Morgan fingerprint density at radius 3 is 1.27 bits per heavy atom. The highest BCUT2D eigenvalue weighted by molar-refractivity contribution is 6.22. The minimum absolute atomic E-state index is 1.22. The maximum absolute atomic E-state index is 2.41. The Hall–Kier alpha value is -6.24. The quantitative estimate of drug-likeness (QED) is 0.171. The molecule has 0 atom stereocenters. The summed E-state index contributed by atoms with van der Waals surface area (Å²) in [4.78, 5) is 0. The summed E-state index contributed by atoms with van der Waals surface area (Å²) in [6.07, 6.45) is 0. The summed E-state index contributed by atoms with van der Waals surface area (Å²) in [6.45, 7) is 0. The van der Waals surface area contributed by atoms with Crippen LogP contribution in [0.4, 0.5) is 0 Å². The van der Waals surface area contributed by atoms with Gasteiger partial charge in [-0.05, 0) is 100 Å². The van der Waals surface area contributed by atoms with E-state index in [1.807, 2.05) is 0 Å². The van der Waals surface area contributed by atoms with E-state index in [1.54, 1.807) is 0 Å². The van der Waals surface area contributed by atoms with Gasteiger partial charge in [-0.15, -0.1) is 0 Å². The first-order valence-corrected chi connectivity index (χ1v) is 16.6. The largest absolute Gasteiger partial charge is 0.0622 e. The van der Waals surface area contributed by atoms with Crippen LogP contribution in [0.5, 0.6) is 0 Å². The van der Waals surface area contributed by atoms with E-state index in [4.69, 9.17) is 0 Å². The first-order valence-electron chi connectivity index (χ1n) is 16.6. The van der Waals surface area contributed by atoms with E-state index >= 15 is 0 Å². The first kappa shape index (κ1) is 28.0. The Kier molecular flexibility index (Phi) is 6.91. The van der Waals surface area contributed by atoms with Crippen LogP contribution < -0.4 is 0 Å². The van der Waals surface area contributed by atoms with Gasteiger partial charge in [-0.25, -0.2) is 0 Å². The van der Waals surface area contributed by atoms with E-state index in [0.717, 1.165) is 0 Å². The average molecular weight is 609 g/mol. The molecule has 0 fully saturated rings. The molecule has 0 N–H and O–H groups in total. The summed E-state index contributed by atoms with van der Waals surface area (Å²) in [5, 5.41) is 7.59. The minimum atomic E-state index is 1.22. The Morgan fingerprint density at radius 1 is 0.208 bits per heavy atom. The molecule has 0 nitrogen and oxygen atoms in total. The van der Waals surface area contributed by atoms with Crippen molar-refractivity contribution in [2.75, 3.05) is 0 Å². The number of benzene rings is 9. The van der Waals surface area contributed by atoms with Crippen LogP contribution in [0.3, 0.4) is 0 Å². The Balaban J connectivity index is 1.20. The van der Waals surface area contributed by atoms with Crippen molar-refractivity contribution in [2.45, 2.75) is 0 Å². The minimum Gasteiger partial charge on any atom is -0.0622 e. The van der Waals surface area contributed by atoms with E-state index < -0.39 is 0 Å². The van der Waals surface area contributed by atoms with Crippen molar-refractivity contribution in [3.63, 3.8) is 0 Å². The van der Waals surface area contributed by atoms with Crippen LogP contribution in [-0.2, 0) is 0 Å². The van der Waals surface area contributed by atoms with E-state index in [0.29, 0.717) is 0 Å². The number of hydrogen-bond donors (Lipinski definition) is 0. The van der Waals surface area contributed by atoms with Crippen LogP contribution in [0.15, 0.2) is 194 Å². The lowest BCUT2D eigenvalue weighted by Crippen LogP contribution is -1.91. The van der Waals surface area contributed by atoms with Crippen LogP contribution >= 0.6 is 0 Å². The van der Waals surface area contributed by atoms with Gasteiger partial charge in [0.15, 0.2) is 0 Å². The summed E-state index contributed by atoms with van der Waals surface area (Å²) in [5.41, 5.74) is 12.4. The molecule has 0 heteroatoms. The van der Waals surface area contributed by atoms with Gasteiger partial charge in [0, 0.05) is 0 Å². The number of fused-ring (bicyclic) bond motifs is 3. The molecule has 0 unspecified atom stereocenters. The fourth-order valence-corrected chi connectivity index (χ4v) is 7.39. The van der Waals surface area contributed by atoms with Gasteiger partial charge in [0.2, 0.25) is 0 Å². The Morgan fingerprint density at radius 2 is 0.646 bits per heavy atom. The summed E-state index contributed by atoms with van der Waals surface area (Å²) in [5.74, 6) is 0. The molecule has 0 aliphatic heterocycles. The lowest BCUT2D eigenvalue weighted by molar-refractivity contribution is 1.58. The molecular weight excluding hydrogens is 577 g/mol. The SMILES string of the molecule is c1ccc(-c2ccc(-c3cccc(-c4cccc5ccc(-c6c7ccccc7c(-c7ccccc7)c7ccccc67)cc45)c3)cc2)cc1. The maximum Gasteiger partial charge on any atom is -0.00261 e. The maximum atomic E-state index is 2.41. The molecule has 9 aromatic rings.